The third-order valence-corrected chi connectivity index (χ3v) is 3.31. The topological polar surface area (TPSA) is 45.8 Å². The Balaban J connectivity index is 2.11. The molecule has 1 aliphatic rings. The van der Waals surface area contributed by atoms with Crippen LogP contribution >= 0.6 is 0 Å². The fraction of sp³-hybridized carbons (Fsp3) is 0.286. The van der Waals surface area contributed by atoms with Gasteiger partial charge in [0.2, 0.25) is 0 Å². The van der Waals surface area contributed by atoms with Gasteiger partial charge in [-0.1, -0.05) is 0 Å². The number of fused-ring (bicyclic) bond motifs is 1. The van der Waals surface area contributed by atoms with E-state index in [1.165, 1.54) is 12.1 Å². The third kappa shape index (κ3) is 1.94. The van der Waals surface area contributed by atoms with E-state index in [0.29, 0.717) is 5.82 Å². The molecule has 1 heterocycles. The first kappa shape index (κ1) is 11.1. The molecule has 0 spiro atoms. The van der Waals surface area contributed by atoms with E-state index < -0.39 is 0 Å². The van der Waals surface area contributed by atoms with Crippen molar-refractivity contribution in [2.45, 2.75) is 25.7 Å². The Bertz CT molecular complexity index is 631. The lowest BCUT2D eigenvalue weighted by Crippen LogP contribution is -2.21. The number of nitrogens with zero attached hydrogens (tertiary/aromatic N) is 1. The first-order valence-corrected chi connectivity index (χ1v) is 6.12. The van der Waals surface area contributed by atoms with Crippen LogP contribution in [0.2, 0.25) is 0 Å². The number of aromatic amines is 1. The van der Waals surface area contributed by atoms with Gasteiger partial charge in [-0.25, -0.2) is 9.37 Å². The minimum Gasteiger partial charge on any atom is -0.306 e. The molecule has 0 bridgehead atoms. The molecule has 0 atom stereocenters. The van der Waals surface area contributed by atoms with Crippen molar-refractivity contribution in [3.63, 3.8) is 0 Å². The number of halogens is 1. The highest BCUT2D eigenvalue weighted by Crippen LogP contribution is 2.20. The zero-order valence-corrected chi connectivity index (χ0v) is 9.87. The van der Waals surface area contributed by atoms with Gasteiger partial charge in [0.05, 0.1) is 5.69 Å². The molecule has 4 heteroatoms. The number of aromatic nitrogens is 2. The van der Waals surface area contributed by atoms with E-state index >= 15 is 0 Å². The summed E-state index contributed by atoms with van der Waals surface area (Å²) in [6.45, 7) is 0. The number of benzene rings is 1. The standard InChI is InChI=1S/C14H13FN2O/c15-10-7-5-9(6-8-10)13-16-12-4-2-1-3-11(12)14(18)17-13/h5-8H,1-4H2,(H,16,17,18). The number of hydrogen-bond acceptors (Lipinski definition) is 2. The maximum Gasteiger partial charge on any atom is 0.254 e. The van der Waals surface area contributed by atoms with Crippen molar-refractivity contribution in [1.29, 1.82) is 0 Å². The quantitative estimate of drug-likeness (QED) is 0.837. The molecule has 0 saturated heterocycles. The molecule has 3 nitrogen and oxygen atoms in total. The smallest absolute Gasteiger partial charge is 0.254 e. The van der Waals surface area contributed by atoms with Gasteiger partial charge in [-0.15, -0.1) is 0 Å². The van der Waals surface area contributed by atoms with Crippen LogP contribution in [0.25, 0.3) is 11.4 Å². The maximum absolute atomic E-state index is 12.9. The predicted molar refractivity (Wildman–Crippen MR) is 66.9 cm³/mol. The highest BCUT2D eigenvalue weighted by atomic mass is 19.1. The van der Waals surface area contributed by atoms with Crippen molar-refractivity contribution in [1.82, 2.24) is 9.97 Å². The summed E-state index contributed by atoms with van der Waals surface area (Å²) in [5.41, 5.74) is 2.39. The third-order valence-electron chi connectivity index (χ3n) is 3.31. The van der Waals surface area contributed by atoms with Gasteiger partial charge >= 0.3 is 0 Å². The summed E-state index contributed by atoms with van der Waals surface area (Å²) in [5.74, 6) is 0.236. The van der Waals surface area contributed by atoms with Crippen molar-refractivity contribution >= 4 is 0 Å². The summed E-state index contributed by atoms with van der Waals surface area (Å²) < 4.78 is 12.9. The number of nitrogens with one attached hydrogen (secondary N) is 1. The minimum atomic E-state index is -0.293. The molecular formula is C14H13FN2O. The second-order valence-electron chi connectivity index (χ2n) is 4.55. The van der Waals surface area contributed by atoms with E-state index in [1.54, 1.807) is 12.1 Å². The van der Waals surface area contributed by atoms with Crippen molar-refractivity contribution < 1.29 is 4.39 Å². The number of hydrogen-bond donors (Lipinski definition) is 1. The highest BCUT2D eigenvalue weighted by molar-refractivity contribution is 5.55. The SMILES string of the molecule is O=c1[nH]c(-c2ccc(F)cc2)nc2c1CCCC2. The van der Waals surface area contributed by atoms with Gasteiger partial charge in [0.15, 0.2) is 0 Å². The first-order chi connectivity index (χ1) is 8.74. The van der Waals surface area contributed by atoms with E-state index in [2.05, 4.69) is 9.97 Å². The van der Waals surface area contributed by atoms with Gasteiger partial charge in [-0.2, -0.15) is 0 Å². The maximum atomic E-state index is 12.9. The zero-order valence-electron chi connectivity index (χ0n) is 9.87. The van der Waals surface area contributed by atoms with Gasteiger partial charge in [-0.3, -0.25) is 4.79 Å². The second kappa shape index (κ2) is 4.37. The van der Waals surface area contributed by atoms with Crippen LogP contribution in [0.5, 0.6) is 0 Å². The fourth-order valence-electron chi connectivity index (χ4n) is 2.35. The molecule has 92 valence electrons. The average Bonchev–Trinajstić information content (AvgIpc) is 2.39. The van der Waals surface area contributed by atoms with E-state index in [-0.39, 0.29) is 11.4 Å². The molecule has 1 N–H and O–H groups in total. The van der Waals surface area contributed by atoms with E-state index in [4.69, 9.17) is 0 Å². The fourth-order valence-corrected chi connectivity index (χ4v) is 2.35. The Morgan fingerprint density at radius 3 is 2.61 bits per heavy atom. The van der Waals surface area contributed by atoms with Crippen LogP contribution in [0.3, 0.4) is 0 Å². The monoisotopic (exact) mass is 244 g/mol. The largest absolute Gasteiger partial charge is 0.306 e. The normalized spacial score (nSPS) is 14.3. The molecule has 18 heavy (non-hydrogen) atoms. The molecule has 0 fully saturated rings. The lowest BCUT2D eigenvalue weighted by molar-refractivity contribution is 0.628. The number of aryl methyl sites for hydroxylation is 1. The minimum absolute atomic E-state index is 0.0565. The van der Waals surface area contributed by atoms with Crippen LogP contribution in [-0.2, 0) is 12.8 Å². The van der Waals surface area contributed by atoms with Gasteiger partial charge in [0.25, 0.3) is 5.56 Å². The van der Waals surface area contributed by atoms with Crippen LogP contribution in [0.4, 0.5) is 4.39 Å². The number of H-pyrrole nitrogens is 1. The molecule has 0 radical (unpaired) electrons. The summed E-state index contributed by atoms with van der Waals surface area (Å²) in [5, 5.41) is 0. The van der Waals surface area contributed by atoms with Crippen molar-refractivity contribution in [3.05, 3.63) is 51.7 Å². The van der Waals surface area contributed by atoms with E-state index in [9.17, 15) is 9.18 Å². The van der Waals surface area contributed by atoms with E-state index in [1.807, 2.05) is 0 Å². The van der Waals surface area contributed by atoms with Crippen LogP contribution in [0, 0.1) is 5.82 Å². The Hall–Kier alpha value is -1.97. The van der Waals surface area contributed by atoms with Crippen LogP contribution < -0.4 is 5.56 Å². The van der Waals surface area contributed by atoms with Crippen molar-refractivity contribution in [2.75, 3.05) is 0 Å². The molecule has 0 saturated carbocycles. The lowest BCUT2D eigenvalue weighted by atomic mass is 9.97. The summed E-state index contributed by atoms with van der Waals surface area (Å²) in [7, 11) is 0. The molecule has 1 aromatic carbocycles. The predicted octanol–water partition coefficient (Wildman–Crippen LogP) is 2.45. The highest BCUT2D eigenvalue weighted by Gasteiger charge is 2.15. The zero-order chi connectivity index (χ0) is 12.5. The summed E-state index contributed by atoms with van der Waals surface area (Å²) in [4.78, 5) is 19.2. The summed E-state index contributed by atoms with van der Waals surface area (Å²) in [6, 6.07) is 6.00. The summed E-state index contributed by atoms with van der Waals surface area (Å²) in [6.07, 6.45) is 3.79. The molecule has 1 aliphatic carbocycles. The second-order valence-corrected chi connectivity index (χ2v) is 4.55. The van der Waals surface area contributed by atoms with Crippen molar-refractivity contribution in [2.24, 2.45) is 0 Å². The van der Waals surface area contributed by atoms with Gasteiger partial charge < -0.3 is 4.98 Å². The molecule has 0 unspecified atom stereocenters. The lowest BCUT2D eigenvalue weighted by Gasteiger charge is -2.14. The summed E-state index contributed by atoms with van der Waals surface area (Å²) >= 11 is 0. The van der Waals surface area contributed by atoms with Gasteiger partial charge in [-0.05, 0) is 49.9 Å². The van der Waals surface area contributed by atoms with Crippen LogP contribution in [0.1, 0.15) is 24.1 Å². The Morgan fingerprint density at radius 2 is 1.83 bits per heavy atom. The molecular weight excluding hydrogens is 231 g/mol. The van der Waals surface area contributed by atoms with Crippen molar-refractivity contribution in [3.8, 4) is 11.4 Å². The Kier molecular flexibility index (Phi) is 2.70. The first-order valence-electron chi connectivity index (χ1n) is 6.12. The van der Waals surface area contributed by atoms with Crippen LogP contribution in [0.15, 0.2) is 29.1 Å². The molecule has 2 aromatic rings. The molecule has 0 aliphatic heterocycles. The average molecular weight is 244 g/mol. The molecule has 1 aromatic heterocycles. The molecule has 3 rings (SSSR count). The van der Waals surface area contributed by atoms with Gasteiger partial charge in [0, 0.05) is 11.1 Å². The Morgan fingerprint density at radius 1 is 1.11 bits per heavy atom. The Labute approximate surface area is 104 Å². The van der Waals surface area contributed by atoms with Gasteiger partial charge in [0.1, 0.15) is 11.6 Å². The number of rotatable bonds is 1. The molecule has 0 amide bonds. The van der Waals surface area contributed by atoms with E-state index in [0.717, 1.165) is 42.5 Å². The van der Waals surface area contributed by atoms with Crippen LogP contribution in [-0.4, -0.2) is 9.97 Å².